The van der Waals surface area contributed by atoms with E-state index in [0.29, 0.717) is 5.95 Å². The number of rotatable bonds is 3. The largest absolute Gasteiger partial charge is 0.369 e. The summed E-state index contributed by atoms with van der Waals surface area (Å²) in [7, 11) is 0. The van der Waals surface area contributed by atoms with Gasteiger partial charge < -0.3 is 10.3 Å². The van der Waals surface area contributed by atoms with Crippen LogP contribution in [0.4, 0.5) is 5.95 Å². The van der Waals surface area contributed by atoms with E-state index in [0.717, 1.165) is 33.9 Å². The molecule has 1 aromatic heterocycles. The van der Waals surface area contributed by atoms with E-state index in [4.69, 9.17) is 5.73 Å². The highest BCUT2D eigenvalue weighted by Gasteiger charge is 2.19. The van der Waals surface area contributed by atoms with Gasteiger partial charge in [-0.15, -0.1) is 0 Å². The Kier molecular flexibility index (Phi) is 4.01. The number of hydrogen-bond acceptors (Lipinski definition) is 2. The molecule has 1 aromatic carbocycles. The van der Waals surface area contributed by atoms with E-state index < -0.39 is 0 Å². The summed E-state index contributed by atoms with van der Waals surface area (Å²) in [5.41, 5.74) is 8.21. The predicted octanol–water partition coefficient (Wildman–Crippen LogP) is 4.60. The molecule has 20 heavy (non-hydrogen) atoms. The molecule has 2 N–H and O–H groups in total. The quantitative estimate of drug-likeness (QED) is 0.890. The molecule has 0 radical (unpaired) electrons. The van der Waals surface area contributed by atoms with Crippen LogP contribution in [0.5, 0.6) is 0 Å². The molecule has 4 heteroatoms. The predicted molar refractivity (Wildman–Crippen MR) is 87.6 cm³/mol. The molecule has 2 unspecified atom stereocenters. The van der Waals surface area contributed by atoms with Crippen LogP contribution in [-0.4, -0.2) is 9.55 Å². The van der Waals surface area contributed by atoms with Gasteiger partial charge >= 0.3 is 0 Å². The number of nitrogen functional groups attached to an aromatic ring is 1. The monoisotopic (exact) mass is 335 g/mol. The third-order valence-corrected chi connectivity index (χ3v) is 5.04. The molecule has 2 aromatic rings. The average molecular weight is 336 g/mol. The number of nitrogens with zero attached hydrogens (tertiary/aromatic N) is 2. The Morgan fingerprint density at radius 1 is 1.40 bits per heavy atom. The maximum atomic E-state index is 6.08. The highest BCUT2D eigenvalue weighted by molar-refractivity contribution is 9.10. The van der Waals surface area contributed by atoms with Crippen LogP contribution in [0.3, 0.4) is 0 Å². The van der Waals surface area contributed by atoms with Crippen molar-refractivity contribution in [2.45, 2.75) is 45.6 Å². The van der Waals surface area contributed by atoms with Gasteiger partial charge in [-0.25, -0.2) is 4.98 Å². The number of aryl methyl sites for hydroxylation is 1. The molecule has 2 atom stereocenters. The van der Waals surface area contributed by atoms with Gasteiger partial charge in [0.15, 0.2) is 0 Å². The topological polar surface area (TPSA) is 43.8 Å². The van der Waals surface area contributed by atoms with E-state index in [1.807, 2.05) is 6.07 Å². The van der Waals surface area contributed by atoms with E-state index in [9.17, 15) is 0 Å². The van der Waals surface area contributed by atoms with Crippen molar-refractivity contribution in [3.8, 4) is 0 Å². The van der Waals surface area contributed by atoms with Gasteiger partial charge in [0.05, 0.1) is 11.0 Å². The number of halogens is 1. The van der Waals surface area contributed by atoms with Crippen LogP contribution in [-0.2, 0) is 6.54 Å². The van der Waals surface area contributed by atoms with E-state index in [2.05, 4.69) is 44.5 Å². The van der Waals surface area contributed by atoms with Gasteiger partial charge in [-0.1, -0.05) is 42.1 Å². The molecule has 1 saturated carbocycles. The van der Waals surface area contributed by atoms with Gasteiger partial charge in [-0.2, -0.15) is 0 Å². The van der Waals surface area contributed by atoms with Crippen LogP contribution >= 0.6 is 15.9 Å². The first-order valence-electron chi connectivity index (χ1n) is 7.54. The molecular formula is C16H22BrN3. The number of aromatic nitrogens is 2. The first-order chi connectivity index (χ1) is 9.63. The average Bonchev–Trinajstić information content (AvgIpc) is 2.71. The van der Waals surface area contributed by atoms with Crippen LogP contribution in [0.1, 0.15) is 39.0 Å². The number of hydrogen-bond donors (Lipinski definition) is 1. The highest BCUT2D eigenvalue weighted by atomic mass is 79.9. The number of nitrogens with two attached hydrogens (primary N) is 1. The fraction of sp³-hybridized carbons (Fsp3) is 0.562. The van der Waals surface area contributed by atoms with Crippen molar-refractivity contribution in [2.75, 3.05) is 5.73 Å². The van der Waals surface area contributed by atoms with Gasteiger partial charge in [-0.05, 0) is 42.9 Å². The van der Waals surface area contributed by atoms with Crippen LogP contribution in [0.2, 0.25) is 0 Å². The first kappa shape index (κ1) is 13.9. The second-order valence-electron chi connectivity index (χ2n) is 6.18. The molecule has 0 aliphatic heterocycles. The number of anilines is 1. The van der Waals surface area contributed by atoms with Crippen LogP contribution < -0.4 is 5.73 Å². The zero-order valence-electron chi connectivity index (χ0n) is 12.0. The molecular weight excluding hydrogens is 314 g/mol. The third kappa shape index (κ3) is 2.85. The summed E-state index contributed by atoms with van der Waals surface area (Å²) in [5.74, 6) is 2.38. The van der Waals surface area contributed by atoms with Gasteiger partial charge in [-0.3, -0.25) is 0 Å². The molecule has 1 aliphatic rings. The molecule has 0 spiro atoms. The summed E-state index contributed by atoms with van der Waals surface area (Å²) in [4.78, 5) is 4.46. The molecule has 108 valence electrons. The van der Waals surface area contributed by atoms with Gasteiger partial charge in [0.1, 0.15) is 0 Å². The summed E-state index contributed by atoms with van der Waals surface area (Å²) in [5, 5.41) is 0. The van der Waals surface area contributed by atoms with Crippen LogP contribution in [0, 0.1) is 11.8 Å². The Morgan fingerprint density at radius 3 is 3.05 bits per heavy atom. The smallest absolute Gasteiger partial charge is 0.201 e. The Hall–Kier alpha value is -1.03. The summed E-state index contributed by atoms with van der Waals surface area (Å²) < 4.78 is 3.22. The lowest BCUT2D eigenvalue weighted by atomic mass is 9.81. The first-order valence-corrected chi connectivity index (χ1v) is 8.34. The van der Waals surface area contributed by atoms with Crippen LogP contribution in [0.15, 0.2) is 22.7 Å². The lowest BCUT2D eigenvalue weighted by Crippen LogP contribution is -2.15. The molecule has 3 nitrogen and oxygen atoms in total. The zero-order chi connectivity index (χ0) is 14.1. The molecule has 0 saturated heterocycles. The molecule has 0 amide bonds. The second kappa shape index (κ2) is 5.76. The van der Waals surface area contributed by atoms with Crippen LogP contribution in [0.25, 0.3) is 11.0 Å². The van der Waals surface area contributed by atoms with Gasteiger partial charge in [0.25, 0.3) is 0 Å². The molecule has 3 rings (SSSR count). The Labute approximate surface area is 128 Å². The van der Waals surface area contributed by atoms with Crippen molar-refractivity contribution in [1.82, 2.24) is 9.55 Å². The van der Waals surface area contributed by atoms with Crippen molar-refractivity contribution in [3.63, 3.8) is 0 Å². The molecule has 1 fully saturated rings. The maximum Gasteiger partial charge on any atom is 0.201 e. The highest BCUT2D eigenvalue weighted by Crippen LogP contribution is 2.32. The van der Waals surface area contributed by atoms with E-state index in [-0.39, 0.29) is 0 Å². The van der Waals surface area contributed by atoms with E-state index in [1.165, 1.54) is 32.1 Å². The Morgan fingerprint density at radius 2 is 2.25 bits per heavy atom. The third-order valence-electron chi connectivity index (χ3n) is 4.55. The lowest BCUT2D eigenvalue weighted by molar-refractivity contribution is 0.262. The molecule has 0 bridgehead atoms. The number of imidazole rings is 1. The summed E-state index contributed by atoms with van der Waals surface area (Å²) in [6.45, 7) is 3.37. The van der Waals surface area contributed by atoms with Crippen molar-refractivity contribution < 1.29 is 0 Å². The minimum Gasteiger partial charge on any atom is -0.369 e. The summed E-state index contributed by atoms with van der Waals surface area (Å²) >= 11 is 3.48. The van der Waals surface area contributed by atoms with Gasteiger partial charge in [0, 0.05) is 11.0 Å². The SMILES string of the molecule is CC1CCCC(CCn2c(N)nc3cc(Br)ccc32)C1. The second-order valence-corrected chi connectivity index (χ2v) is 7.10. The number of fused-ring (bicyclic) bond motifs is 1. The van der Waals surface area contributed by atoms with E-state index >= 15 is 0 Å². The normalized spacial score (nSPS) is 23.3. The van der Waals surface area contributed by atoms with Crippen molar-refractivity contribution >= 4 is 32.9 Å². The fourth-order valence-electron chi connectivity index (χ4n) is 3.49. The fourth-order valence-corrected chi connectivity index (χ4v) is 3.84. The summed E-state index contributed by atoms with van der Waals surface area (Å²) in [6.07, 6.45) is 6.76. The van der Waals surface area contributed by atoms with Crippen molar-refractivity contribution in [2.24, 2.45) is 11.8 Å². The van der Waals surface area contributed by atoms with Gasteiger partial charge in [0.2, 0.25) is 5.95 Å². The Bertz CT molecular complexity index is 605. The van der Waals surface area contributed by atoms with E-state index in [1.54, 1.807) is 0 Å². The number of benzene rings is 1. The maximum absolute atomic E-state index is 6.08. The standard InChI is InChI=1S/C16H22BrN3/c1-11-3-2-4-12(9-11)7-8-20-15-6-5-13(17)10-14(15)19-16(20)18/h5-6,10-12H,2-4,7-9H2,1H3,(H2,18,19). The molecule has 1 heterocycles. The minimum atomic E-state index is 0.641. The molecule has 1 aliphatic carbocycles. The zero-order valence-corrected chi connectivity index (χ0v) is 13.6. The lowest BCUT2D eigenvalue weighted by Gasteiger charge is -2.26. The Balaban J connectivity index is 1.75. The summed E-state index contributed by atoms with van der Waals surface area (Å²) in [6, 6.07) is 6.19. The van der Waals surface area contributed by atoms with Crippen molar-refractivity contribution in [1.29, 1.82) is 0 Å². The minimum absolute atomic E-state index is 0.641. The van der Waals surface area contributed by atoms with Crippen molar-refractivity contribution in [3.05, 3.63) is 22.7 Å².